The van der Waals surface area contributed by atoms with Crippen LogP contribution in [0.2, 0.25) is 0 Å². The Labute approximate surface area is 120 Å². The van der Waals surface area contributed by atoms with Crippen LogP contribution in [0.3, 0.4) is 0 Å². The summed E-state index contributed by atoms with van der Waals surface area (Å²) >= 11 is 0. The second-order valence-corrected chi connectivity index (χ2v) is 3.38. The number of aliphatic hydroxyl groups is 4. The van der Waals surface area contributed by atoms with E-state index in [0.29, 0.717) is 30.7 Å². The van der Waals surface area contributed by atoms with Gasteiger partial charge in [0.2, 0.25) is 0 Å². The van der Waals surface area contributed by atoms with Gasteiger partial charge in [0.1, 0.15) is 26.2 Å². The zero-order valence-electron chi connectivity index (χ0n) is 9.93. The first-order valence-corrected chi connectivity index (χ1v) is 5.14. The van der Waals surface area contributed by atoms with Crippen molar-refractivity contribution in [2.45, 2.75) is 0 Å². The van der Waals surface area contributed by atoms with Crippen LogP contribution in [0, 0.1) is 0 Å². The van der Waals surface area contributed by atoms with E-state index in [1.165, 1.54) is 0 Å². The van der Waals surface area contributed by atoms with Gasteiger partial charge >= 0.3 is 21.1 Å². The Bertz CT molecular complexity index is 160. The van der Waals surface area contributed by atoms with E-state index in [0.717, 1.165) is 0 Å². The summed E-state index contributed by atoms with van der Waals surface area (Å²) < 4.78 is 0.375. The van der Waals surface area contributed by atoms with Crippen molar-refractivity contribution in [1.82, 2.24) is 0 Å². The molecule has 0 aliphatic carbocycles. The molecular weight excluding hydrogens is 429 g/mol. The first-order valence-electron chi connectivity index (χ1n) is 5.14. The van der Waals surface area contributed by atoms with Crippen LogP contribution >= 0.6 is 0 Å². The molecule has 0 aromatic rings. The van der Waals surface area contributed by atoms with E-state index in [9.17, 15) is 0 Å². The van der Waals surface area contributed by atoms with Crippen molar-refractivity contribution in [2.75, 3.05) is 52.6 Å². The van der Waals surface area contributed by atoms with Crippen LogP contribution in [0.4, 0.5) is 4.79 Å². The van der Waals surface area contributed by atoms with Gasteiger partial charge in [-0.25, -0.2) is 0 Å². The first-order chi connectivity index (χ1) is 7.97. The van der Waals surface area contributed by atoms with E-state index in [1.54, 1.807) is 0 Å². The Morgan fingerprint density at radius 2 is 0.944 bits per heavy atom. The van der Waals surface area contributed by atoms with Crippen molar-refractivity contribution in [1.29, 1.82) is 0 Å². The molecule has 0 rings (SSSR count). The monoisotopic (exact) mass is 449 g/mol. The van der Waals surface area contributed by atoms with Crippen molar-refractivity contribution in [3.63, 3.8) is 0 Å². The molecule has 0 aromatic heterocycles. The fraction of sp³-hybridized carbons (Fsp3) is 0.889. The Kier molecular flexibility index (Phi) is 18.8. The van der Waals surface area contributed by atoms with Gasteiger partial charge < -0.3 is 39.9 Å². The van der Waals surface area contributed by atoms with Crippen molar-refractivity contribution >= 4 is 6.16 Å². The molecule has 0 aromatic carbocycles. The van der Waals surface area contributed by atoms with Crippen molar-refractivity contribution < 1.29 is 61.0 Å². The van der Waals surface area contributed by atoms with Gasteiger partial charge in [0.25, 0.3) is 0 Å². The van der Waals surface area contributed by atoms with Crippen LogP contribution in [0.25, 0.3) is 0 Å². The minimum Gasteiger partial charge on any atom is -0.652 e. The van der Waals surface area contributed by atoms with E-state index in [-0.39, 0.29) is 47.5 Å². The normalized spacial score (nSPS) is 10.0. The molecule has 4 N–H and O–H groups in total. The standard InChI is InChI=1S/C8H20NO4.CH2O3.Pt/c10-5-1-9(2-6-11,3-7-12)4-8-13;2-1(3)4;/h10-13H,1-8H2;(H2,2,3,4);/q+1;;+2/p-2. The number of rotatable bonds is 8. The van der Waals surface area contributed by atoms with Gasteiger partial charge in [0.05, 0.1) is 26.4 Å². The summed E-state index contributed by atoms with van der Waals surface area (Å²) in [6.45, 7) is 1.84. The maximum atomic E-state index is 8.82. The number of carbonyl (C=O) groups excluding carboxylic acids is 1. The predicted molar refractivity (Wildman–Crippen MR) is 53.5 cm³/mol. The van der Waals surface area contributed by atoms with E-state index in [1.807, 2.05) is 0 Å². The molecule has 0 fully saturated rings. The average Bonchev–Trinajstić information content (AvgIpc) is 2.18. The number of carboxylic acid groups (broad SMARTS) is 2. The molecule has 0 saturated heterocycles. The molecule has 8 nitrogen and oxygen atoms in total. The van der Waals surface area contributed by atoms with Crippen LogP contribution in [0.1, 0.15) is 0 Å². The zero-order chi connectivity index (χ0) is 13.7. The first kappa shape index (κ1) is 22.9. The second-order valence-electron chi connectivity index (χ2n) is 3.38. The third kappa shape index (κ3) is 13.8. The second kappa shape index (κ2) is 14.8. The smallest absolute Gasteiger partial charge is 0.652 e. The molecule has 0 aliphatic rings. The van der Waals surface area contributed by atoms with E-state index in [2.05, 4.69) is 0 Å². The predicted octanol–water partition coefficient (Wildman–Crippen LogP) is -4.68. The summed E-state index contributed by atoms with van der Waals surface area (Å²) in [5.41, 5.74) is 0. The molecule has 0 unspecified atom stereocenters. The molecule has 0 heterocycles. The number of nitrogens with zero attached hydrogens (tertiary/aromatic N) is 1. The van der Waals surface area contributed by atoms with Crippen molar-refractivity contribution in [3.8, 4) is 0 Å². The third-order valence-electron chi connectivity index (χ3n) is 2.30. The Morgan fingerprint density at radius 3 is 1.06 bits per heavy atom. The number of aliphatic hydroxyl groups excluding tert-OH is 4. The van der Waals surface area contributed by atoms with E-state index < -0.39 is 6.16 Å². The molecule has 0 spiro atoms. The van der Waals surface area contributed by atoms with Gasteiger partial charge in [-0.15, -0.1) is 0 Å². The van der Waals surface area contributed by atoms with Gasteiger partial charge in [-0.1, -0.05) is 0 Å². The van der Waals surface area contributed by atoms with Crippen LogP contribution in [-0.2, 0) is 21.1 Å². The minimum atomic E-state index is -2.33. The molecule has 18 heavy (non-hydrogen) atoms. The number of hydrogen-bond donors (Lipinski definition) is 4. The summed E-state index contributed by atoms with van der Waals surface area (Å²) in [4.78, 5) is 8.33. The summed E-state index contributed by atoms with van der Waals surface area (Å²) in [7, 11) is 0. The summed E-state index contributed by atoms with van der Waals surface area (Å²) in [6, 6.07) is 0. The van der Waals surface area contributed by atoms with Crippen LogP contribution in [-0.4, -0.2) is 83.7 Å². The quantitative estimate of drug-likeness (QED) is 0.273. The minimum absolute atomic E-state index is 0. The van der Waals surface area contributed by atoms with Crippen LogP contribution in [0.15, 0.2) is 0 Å². The third-order valence-corrected chi connectivity index (χ3v) is 2.30. The number of carbonyl (C=O) groups is 1. The van der Waals surface area contributed by atoms with Gasteiger partial charge in [0, 0.05) is 0 Å². The Hall–Kier alpha value is -0.242. The van der Waals surface area contributed by atoms with Gasteiger partial charge in [0.15, 0.2) is 0 Å². The molecule has 0 saturated carbocycles. The summed E-state index contributed by atoms with van der Waals surface area (Å²) in [5, 5.41) is 52.0. The Morgan fingerprint density at radius 1 is 0.778 bits per heavy atom. The average molecular weight is 449 g/mol. The van der Waals surface area contributed by atoms with Gasteiger partial charge in [-0.2, -0.15) is 0 Å². The molecule has 9 heteroatoms. The molecule has 112 valence electrons. The molecule has 0 atom stereocenters. The number of hydrogen-bond acceptors (Lipinski definition) is 7. The topological polar surface area (TPSA) is 144 Å². The fourth-order valence-corrected chi connectivity index (χ4v) is 1.52. The van der Waals surface area contributed by atoms with Crippen molar-refractivity contribution in [3.05, 3.63) is 0 Å². The maximum absolute atomic E-state index is 8.82. The Balaban J connectivity index is -0.000000392. The van der Waals surface area contributed by atoms with Crippen LogP contribution in [0.5, 0.6) is 0 Å². The molecule has 0 amide bonds. The molecular formula is C9H20NO7Pt+. The van der Waals surface area contributed by atoms with Gasteiger partial charge in [-0.3, -0.25) is 0 Å². The van der Waals surface area contributed by atoms with E-state index >= 15 is 0 Å². The fourth-order valence-electron chi connectivity index (χ4n) is 1.52. The van der Waals surface area contributed by atoms with Crippen LogP contribution < -0.4 is 10.2 Å². The number of quaternary nitrogens is 1. The molecule has 0 radical (unpaired) electrons. The van der Waals surface area contributed by atoms with E-state index in [4.69, 9.17) is 35.4 Å². The zero-order valence-corrected chi connectivity index (χ0v) is 12.2. The SMILES string of the molecule is O=C([O-])[O-].OCC[N+](CCO)(CCO)CCO.[Pt+2]. The summed E-state index contributed by atoms with van der Waals surface area (Å²) in [5.74, 6) is 0. The van der Waals surface area contributed by atoms with Crippen molar-refractivity contribution in [2.24, 2.45) is 0 Å². The van der Waals surface area contributed by atoms with Gasteiger partial charge in [-0.05, 0) is 6.16 Å². The largest absolute Gasteiger partial charge is 2.00 e. The molecule has 0 bridgehead atoms. The summed E-state index contributed by atoms with van der Waals surface area (Å²) in [6.07, 6.45) is -2.33. The molecule has 0 aliphatic heterocycles. The maximum Gasteiger partial charge on any atom is 2.00 e.